The lowest BCUT2D eigenvalue weighted by molar-refractivity contribution is -0.125. The molecule has 0 spiro atoms. The fraction of sp³-hybridized carbons (Fsp3) is 0.480. The number of aromatic nitrogens is 2. The molecule has 1 aliphatic carbocycles. The number of carbonyl (C=O) groups excluding carboxylic acids is 1. The number of nitrogens with zero attached hydrogens (tertiary/aromatic N) is 3. The van der Waals surface area contributed by atoms with Crippen LogP contribution in [-0.4, -0.2) is 42.6 Å². The van der Waals surface area contributed by atoms with E-state index in [2.05, 4.69) is 26.3 Å². The minimum Gasteiger partial charge on any atom is -0.497 e. The van der Waals surface area contributed by atoms with Crippen molar-refractivity contribution < 1.29 is 9.53 Å². The molecule has 0 radical (unpaired) electrons. The first-order valence-corrected chi connectivity index (χ1v) is 11.4. The molecule has 164 valence electrons. The summed E-state index contributed by atoms with van der Waals surface area (Å²) < 4.78 is 5.23. The molecule has 1 N–H and O–H groups in total. The fourth-order valence-electron chi connectivity index (χ4n) is 4.43. The van der Waals surface area contributed by atoms with E-state index in [1.54, 1.807) is 13.4 Å². The van der Waals surface area contributed by atoms with E-state index < -0.39 is 0 Å². The molecule has 6 heteroatoms. The zero-order valence-corrected chi connectivity index (χ0v) is 18.3. The third-order valence-electron chi connectivity index (χ3n) is 6.36. The molecule has 1 fully saturated rings. The van der Waals surface area contributed by atoms with Gasteiger partial charge in [-0.1, -0.05) is 11.6 Å². The van der Waals surface area contributed by atoms with Gasteiger partial charge in [-0.25, -0.2) is 9.97 Å². The second-order valence-corrected chi connectivity index (χ2v) is 8.40. The van der Waals surface area contributed by atoms with Gasteiger partial charge in [-0.15, -0.1) is 0 Å². The number of methoxy groups -OCH3 is 1. The Hall–Kier alpha value is -2.89. The van der Waals surface area contributed by atoms with Gasteiger partial charge in [-0.2, -0.15) is 0 Å². The maximum Gasteiger partial charge on any atom is 0.223 e. The number of hydrogen-bond donors (Lipinski definition) is 1. The van der Waals surface area contributed by atoms with Gasteiger partial charge in [-0.05, 0) is 69.2 Å². The van der Waals surface area contributed by atoms with Crippen molar-refractivity contribution in [3.63, 3.8) is 0 Å². The van der Waals surface area contributed by atoms with E-state index in [-0.39, 0.29) is 11.8 Å². The summed E-state index contributed by atoms with van der Waals surface area (Å²) in [6.45, 7) is 2.44. The zero-order valence-electron chi connectivity index (χ0n) is 18.3. The van der Waals surface area contributed by atoms with Crippen LogP contribution in [0.1, 0.15) is 44.9 Å². The van der Waals surface area contributed by atoms with E-state index >= 15 is 0 Å². The minimum atomic E-state index is 0.0967. The second-order valence-electron chi connectivity index (χ2n) is 8.40. The van der Waals surface area contributed by atoms with Crippen molar-refractivity contribution in [2.45, 2.75) is 44.9 Å². The normalized spacial score (nSPS) is 17.2. The Labute approximate surface area is 184 Å². The van der Waals surface area contributed by atoms with Gasteiger partial charge in [0.25, 0.3) is 0 Å². The van der Waals surface area contributed by atoms with Crippen molar-refractivity contribution in [2.75, 3.05) is 31.6 Å². The Morgan fingerprint density at radius 3 is 2.68 bits per heavy atom. The van der Waals surface area contributed by atoms with E-state index in [4.69, 9.17) is 4.74 Å². The predicted molar refractivity (Wildman–Crippen MR) is 123 cm³/mol. The monoisotopic (exact) mass is 420 g/mol. The summed E-state index contributed by atoms with van der Waals surface area (Å²) in [5.74, 6) is 2.05. The van der Waals surface area contributed by atoms with E-state index in [9.17, 15) is 4.79 Å². The van der Waals surface area contributed by atoms with Crippen LogP contribution in [0.25, 0.3) is 11.3 Å². The van der Waals surface area contributed by atoms with Crippen LogP contribution < -0.4 is 15.0 Å². The molecule has 6 nitrogen and oxygen atoms in total. The van der Waals surface area contributed by atoms with Crippen molar-refractivity contribution in [1.82, 2.24) is 15.3 Å². The number of allylic oxidation sites excluding steroid dienone is 1. The zero-order chi connectivity index (χ0) is 21.5. The Balaban J connectivity index is 1.28. The van der Waals surface area contributed by atoms with Crippen LogP contribution in [0, 0.1) is 5.92 Å². The van der Waals surface area contributed by atoms with Crippen LogP contribution in [0.15, 0.2) is 48.3 Å². The van der Waals surface area contributed by atoms with Crippen molar-refractivity contribution in [3.8, 4) is 17.0 Å². The lowest BCUT2D eigenvalue weighted by Gasteiger charge is -2.32. The smallest absolute Gasteiger partial charge is 0.223 e. The SMILES string of the molecule is COc1ccc(-c2cc(N3CCC(C(=O)NCCC4=CCCCC4)CC3)ncn2)cc1. The van der Waals surface area contributed by atoms with Gasteiger partial charge in [0.05, 0.1) is 12.8 Å². The molecule has 2 aliphatic rings. The van der Waals surface area contributed by atoms with Gasteiger partial charge in [0, 0.05) is 37.2 Å². The molecule has 0 bridgehead atoms. The van der Waals surface area contributed by atoms with E-state index in [1.807, 2.05) is 30.3 Å². The summed E-state index contributed by atoms with van der Waals surface area (Å²) in [4.78, 5) is 23.7. The molecule has 2 aromatic rings. The highest BCUT2D eigenvalue weighted by molar-refractivity contribution is 5.79. The van der Waals surface area contributed by atoms with Crippen molar-refractivity contribution in [1.29, 1.82) is 0 Å². The molecular formula is C25H32N4O2. The van der Waals surface area contributed by atoms with Crippen molar-refractivity contribution in [2.24, 2.45) is 5.92 Å². The highest BCUT2D eigenvalue weighted by Crippen LogP contribution is 2.26. The first-order valence-electron chi connectivity index (χ1n) is 11.4. The molecule has 1 aromatic carbocycles. The maximum atomic E-state index is 12.6. The summed E-state index contributed by atoms with van der Waals surface area (Å²) >= 11 is 0. The molecule has 1 amide bonds. The number of benzene rings is 1. The van der Waals surface area contributed by atoms with Gasteiger partial charge < -0.3 is 15.0 Å². The number of ether oxygens (including phenoxy) is 1. The molecule has 0 saturated carbocycles. The van der Waals surface area contributed by atoms with Crippen LogP contribution in [0.2, 0.25) is 0 Å². The number of amides is 1. The highest BCUT2D eigenvalue weighted by Gasteiger charge is 2.25. The molecule has 4 rings (SSSR count). The highest BCUT2D eigenvalue weighted by atomic mass is 16.5. The van der Waals surface area contributed by atoms with Gasteiger partial charge in [0.15, 0.2) is 0 Å². The standard InChI is InChI=1S/C25H32N4O2/c1-31-22-9-7-20(8-10-22)23-17-24(28-18-27-23)29-15-12-21(13-16-29)25(30)26-14-11-19-5-3-2-4-6-19/h5,7-10,17-18,21H,2-4,6,11-16H2,1H3,(H,26,30). The fourth-order valence-corrected chi connectivity index (χ4v) is 4.43. The van der Waals surface area contributed by atoms with Crippen LogP contribution in [-0.2, 0) is 4.79 Å². The largest absolute Gasteiger partial charge is 0.497 e. The van der Waals surface area contributed by atoms with Crippen molar-refractivity contribution in [3.05, 3.63) is 48.3 Å². The van der Waals surface area contributed by atoms with Gasteiger partial charge >= 0.3 is 0 Å². The number of rotatable bonds is 7. The summed E-state index contributed by atoms with van der Waals surface area (Å²) in [6.07, 6.45) is 11.7. The van der Waals surface area contributed by atoms with Crippen LogP contribution in [0.3, 0.4) is 0 Å². The minimum absolute atomic E-state index is 0.0967. The topological polar surface area (TPSA) is 67.3 Å². The molecule has 1 saturated heterocycles. The van der Waals surface area contributed by atoms with Gasteiger partial charge in [0.1, 0.15) is 17.9 Å². The first kappa shape index (κ1) is 21.3. The molecule has 0 unspecified atom stereocenters. The predicted octanol–water partition coefficient (Wildman–Crippen LogP) is 4.38. The average Bonchev–Trinajstić information content (AvgIpc) is 2.85. The second kappa shape index (κ2) is 10.4. The maximum absolute atomic E-state index is 12.6. The molecule has 1 aliphatic heterocycles. The molecule has 1 aromatic heterocycles. The average molecular weight is 421 g/mol. The number of hydrogen-bond acceptors (Lipinski definition) is 5. The Morgan fingerprint density at radius 2 is 1.97 bits per heavy atom. The Morgan fingerprint density at radius 1 is 1.16 bits per heavy atom. The summed E-state index contributed by atoms with van der Waals surface area (Å²) in [7, 11) is 1.66. The first-order chi connectivity index (χ1) is 15.2. The number of nitrogens with one attached hydrogen (secondary N) is 1. The van der Waals surface area contributed by atoms with Crippen LogP contribution in [0.5, 0.6) is 5.75 Å². The summed E-state index contributed by atoms with van der Waals surface area (Å²) in [5, 5.41) is 3.16. The Kier molecular flexibility index (Phi) is 7.18. The summed E-state index contributed by atoms with van der Waals surface area (Å²) in [6, 6.07) is 9.91. The molecule has 31 heavy (non-hydrogen) atoms. The quantitative estimate of drug-likeness (QED) is 0.674. The van der Waals surface area contributed by atoms with Crippen LogP contribution in [0.4, 0.5) is 5.82 Å². The number of piperidine rings is 1. The Bertz CT molecular complexity index is 902. The van der Waals surface area contributed by atoms with E-state index in [0.29, 0.717) is 0 Å². The lowest BCUT2D eigenvalue weighted by atomic mass is 9.95. The van der Waals surface area contributed by atoms with Crippen LogP contribution >= 0.6 is 0 Å². The molecular weight excluding hydrogens is 388 g/mol. The number of carbonyl (C=O) groups is 1. The van der Waals surface area contributed by atoms with E-state index in [0.717, 1.165) is 61.7 Å². The third kappa shape index (κ3) is 5.63. The summed E-state index contributed by atoms with van der Waals surface area (Å²) in [5.41, 5.74) is 3.44. The van der Waals surface area contributed by atoms with Gasteiger partial charge in [0.2, 0.25) is 5.91 Å². The van der Waals surface area contributed by atoms with Gasteiger partial charge in [-0.3, -0.25) is 4.79 Å². The molecule has 0 atom stereocenters. The lowest BCUT2D eigenvalue weighted by Crippen LogP contribution is -2.41. The molecule has 2 heterocycles. The van der Waals surface area contributed by atoms with E-state index in [1.165, 1.54) is 31.3 Å². The number of anilines is 1. The van der Waals surface area contributed by atoms with Crippen molar-refractivity contribution >= 4 is 11.7 Å². The third-order valence-corrected chi connectivity index (χ3v) is 6.36.